The lowest BCUT2D eigenvalue weighted by Gasteiger charge is -2.40. The van der Waals surface area contributed by atoms with Crippen LogP contribution in [0.5, 0.6) is 0 Å². The minimum Gasteiger partial charge on any atom is -0.478 e. The van der Waals surface area contributed by atoms with Gasteiger partial charge < -0.3 is 20.1 Å². The summed E-state index contributed by atoms with van der Waals surface area (Å²) in [4.78, 5) is 24.2. The third-order valence-electron chi connectivity index (χ3n) is 3.33. The van der Waals surface area contributed by atoms with Crippen molar-refractivity contribution in [3.63, 3.8) is 0 Å². The number of carbonyl (C=O) groups is 2. The van der Waals surface area contributed by atoms with Gasteiger partial charge in [0.1, 0.15) is 5.60 Å². The monoisotopic (exact) mass is 306 g/mol. The van der Waals surface area contributed by atoms with E-state index in [4.69, 9.17) is 9.84 Å². The maximum absolute atomic E-state index is 11.8. The summed E-state index contributed by atoms with van der Waals surface area (Å²) in [7, 11) is 0. The van der Waals surface area contributed by atoms with Crippen LogP contribution in [0.3, 0.4) is 0 Å². The molecule has 0 saturated carbocycles. The van der Waals surface area contributed by atoms with Gasteiger partial charge in [-0.2, -0.15) is 0 Å². The van der Waals surface area contributed by atoms with Gasteiger partial charge in [-0.05, 0) is 38.5 Å². The van der Waals surface area contributed by atoms with E-state index >= 15 is 0 Å². The Labute approximate surface area is 130 Å². The normalized spacial score (nSPS) is 15.3. The molecule has 1 aromatic carbocycles. The van der Waals surface area contributed by atoms with Crippen molar-refractivity contribution in [3.05, 3.63) is 35.4 Å². The van der Waals surface area contributed by atoms with E-state index in [1.54, 1.807) is 29.2 Å². The molecule has 1 aliphatic rings. The summed E-state index contributed by atoms with van der Waals surface area (Å²) >= 11 is 0. The largest absolute Gasteiger partial charge is 0.478 e. The predicted molar refractivity (Wildman–Crippen MR) is 81.8 cm³/mol. The van der Waals surface area contributed by atoms with Crippen molar-refractivity contribution in [3.8, 4) is 0 Å². The van der Waals surface area contributed by atoms with Gasteiger partial charge in [0.2, 0.25) is 0 Å². The van der Waals surface area contributed by atoms with Crippen LogP contribution in [0, 0.1) is 0 Å². The zero-order valence-corrected chi connectivity index (χ0v) is 13.1. The summed E-state index contributed by atoms with van der Waals surface area (Å²) in [6.45, 7) is 7.45. The Morgan fingerprint density at radius 1 is 1.27 bits per heavy atom. The molecule has 0 spiro atoms. The van der Waals surface area contributed by atoms with Gasteiger partial charge in [0.25, 0.3) is 0 Å². The standard InChI is InChI=1S/C16H22N2O4/c1-16(2,3)22-15(21)18-9-13(10-18)17-8-11-4-6-12(7-5-11)14(19)20/h4-7,13,17H,8-10H2,1-3H3,(H,19,20). The molecule has 0 aromatic heterocycles. The quantitative estimate of drug-likeness (QED) is 0.890. The van der Waals surface area contributed by atoms with Crippen LogP contribution in [-0.2, 0) is 11.3 Å². The molecule has 120 valence electrons. The van der Waals surface area contributed by atoms with Crippen molar-refractivity contribution in [1.29, 1.82) is 0 Å². The second kappa shape index (κ2) is 6.36. The van der Waals surface area contributed by atoms with Crippen LogP contribution >= 0.6 is 0 Å². The number of ether oxygens (including phenoxy) is 1. The Morgan fingerprint density at radius 3 is 2.36 bits per heavy atom. The molecule has 0 radical (unpaired) electrons. The van der Waals surface area contributed by atoms with Gasteiger partial charge in [0.15, 0.2) is 0 Å². The SMILES string of the molecule is CC(C)(C)OC(=O)N1CC(NCc2ccc(C(=O)O)cc2)C1. The minimum atomic E-state index is -0.925. The minimum absolute atomic E-state index is 0.242. The Kier molecular flexibility index (Phi) is 4.71. The average Bonchev–Trinajstić information content (AvgIpc) is 2.35. The highest BCUT2D eigenvalue weighted by atomic mass is 16.6. The van der Waals surface area contributed by atoms with Crippen molar-refractivity contribution in [2.24, 2.45) is 0 Å². The maximum atomic E-state index is 11.8. The van der Waals surface area contributed by atoms with Crippen molar-refractivity contribution >= 4 is 12.1 Å². The smallest absolute Gasteiger partial charge is 0.410 e. The van der Waals surface area contributed by atoms with Crippen molar-refractivity contribution in [2.45, 2.75) is 39.0 Å². The number of carboxylic acid groups (broad SMARTS) is 1. The molecule has 1 aromatic rings. The van der Waals surface area contributed by atoms with E-state index in [-0.39, 0.29) is 17.7 Å². The third kappa shape index (κ3) is 4.46. The first-order valence-electron chi connectivity index (χ1n) is 7.28. The first kappa shape index (κ1) is 16.3. The van der Waals surface area contributed by atoms with Crippen LogP contribution in [0.25, 0.3) is 0 Å². The van der Waals surface area contributed by atoms with Gasteiger partial charge in [0.05, 0.1) is 5.56 Å². The summed E-state index contributed by atoms with van der Waals surface area (Å²) in [6, 6.07) is 7.01. The Bertz CT molecular complexity index is 542. The molecule has 0 atom stereocenters. The number of aromatic carboxylic acids is 1. The summed E-state index contributed by atoms with van der Waals surface area (Å²) in [5.41, 5.74) is 0.825. The number of amides is 1. The molecule has 0 aliphatic carbocycles. The first-order chi connectivity index (χ1) is 10.2. The van der Waals surface area contributed by atoms with Gasteiger partial charge in [-0.25, -0.2) is 9.59 Å². The highest BCUT2D eigenvalue weighted by molar-refractivity contribution is 5.87. The summed E-state index contributed by atoms with van der Waals surface area (Å²) in [5.74, 6) is -0.925. The molecular formula is C16H22N2O4. The highest BCUT2D eigenvalue weighted by Gasteiger charge is 2.33. The van der Waals surface area contributed by atoms with Gasteiger partial charge >= 0.3 is 12.1 Å². The molecule has 2 rings (SSSR count). The molecule has 6 nitrogen and oxygen atoms in total. The number of carbonyl (C=O) groups excluding carboxylic acids is 1. The molecule has 0 bridgehead atoms. The molecule has 6 heteroatoms. The van der Waals surface area contributed by atoms with Gasteiger partial charge in [-0.3, -0.25) is 0 Å². The number of carboxylic acids is 1. The summed E-state index contributed by atoms with van der Waals surface area (Å²) in [6.07, 6.45) is -0.281. The zero-order chi connectivity index (χ0) is 16.3. The second-order valence-corrected chi connectivity index (χ2v) is 6.47. The topological polar surface area (TPSA) is 78.9 Å². The summed E-state index contributed by atoms with van der Waals surface area (Å²) < 4.78 is 5.29. The third-order valence-corrected chi connectivity index (χ3v) is 3.33. The van der Waals surface area contributed by atoms with E-state index < -0.39 is 11.6 Å². The van der Waals surface area contributed by atoms with Crippen molar-refractivity contribution < 1.29 is 19.4 Å². The van der Waals surface area contributed by atoms with Gasteiger partial charge in [0, 0.05) is 25.7 Å². The number of nitrogens with zero attached hydrogens (tertiary/aromatic N) is 1. The lowest BCUT2D eigenvalue weighted by atomic mass is 10.1. The molecular weight excluding hydrogens is 284 g/mol. The molecule has 2 N–H and O–H groups in total. The zero-order valence-electron chi connectivity index (χ0n) is 13.1. The average molecular weight is 306 g/mol. The second-order valence-electron chi connectivity index (χ2n) is 6.47. The van der Waals surface area contributed by atoms with Crippen LogP contribution < -0.4 is 5.32 Å². The van der Waals surface area contributed by atoms with Crippen LogP contribution in [0.4, 0.5) is 4.79 Å². The highest BCUT2D eigenvalue weighted by Crippen LogP contribution is 2.15. The number of hydrogen-bond acceptors (Lipinski definition) is 4. The Morgan fingerprint density at radius 2 is 1.86 bits per heavy atom. The van der Waals surface area contributed by atoms with Gasteiger partial charge in [-0.15, -0.1) is 0 Å². The predicted octanol–water partition coefficient (Wildman–Crippen LogP) is 2.09. The van der Waals surface area contributed by atoms with E-state index in [2.05, 4.69) is 5.32 Å². The fraction of sp³-hybridized carbons (Fsp3) is 0.500. The van der Waals surface area contributed by atoms with E-state index in [9.17, 15) is 9.59 Å². The van der Waals surface area contributed by atoms with Crippen molar-refractivity contribution in [1.82, 2.24) is 10.2 Å². The summed E-state index contributed by atoms with van der Waals surface area (Å²) in [5, 5.41) is 12.2. The number of rotatable bonds is 4. The van der Waals surface area contributed by atoms with Crippen LogP contribution in [0.1, 0.15) is 36.7 Å². The molecule has 1 aliphatic heterocycles. The van der Waals surface area contributed by atoms with Crippen LogP contribution in [0.15, 0.2) is 24.3 Å². The molecule has 1 amide bonds. The number of benzene rings is 1. The Balaban J connectivity index is 1.72. The molecule has 1 heterocycles. The lowest BCUT2D eigenvalue weighted by Crippen LogP contribution is -2.60. The maximum Gasteiger partial charge on any atom is 0.410 e. The molecule has 1 fully saturated rings. The van der Waals surface area contributed by atoms with E-state index in [1.165, 1.54) is 0 Å². The van der Waals surface area contributed by atoms with Gasteiger partial charge in [-0.1, -0.05) is 12.1 Å². The number of likely N-dealkylation sites (tertiary alicyclic amines) is 1. The molecule has 1 saturated heterocycles. The number of nitrogens with one attached hydrogen (secondary N) is 1. The fourth-order valence-corrected chi connectivity index (χ4v) is 2.11. The van der Waals surface area contributed by atoms with Crippen LogP contribution in [0.2, 0.25) is 0 Å². The number of hydrogen-bond donors (Lipinski definition) is 2. The molecule has 0 unspecified atom stereocenters. The molecule has 22 heavy (non-hydrogen) atoms. The van der Waals surface area contributed by atoms with E-state index in [1.807, 2.05) is 20.8 Å². The lowest BCUT2D eigenvalue weighted by molar-refractivity contribution is 0.00517. The first-order valence-corrected chi connectivity index (χ1v) is 7.28. The van der Waals surface area contributed by atoms with E-state index in [0.717, 1.165) is 5.56 Å². The van der Waals surface area contributed by atoms with Crippen LogP contribution in [-0.4, -0.2) is 46.8 Å². The van der Waals surface area contributed by atoms with E-state index in [0.29, 0.717) is 19.6 Å². The fourth-order valence-electron chi connectivity index (χ4n) is 2.11. The van der Waals surface area contributed by atoms with Crippen molar-refractivity contribution in [2.75, 3.05) is 13.1 Å². The Hall–Kier alpha value is -2.08.